The molecular formula is C20H23N3O6S2. The van der Waals surface area contributed by atoms with Crippen LogP contribution < -0.4 is 5.73 Å². The summed E-state index contributed by atoms with van der Waals surface area (Å²) < 4.78 is 59.8. The average molecular weight is 466 g/mol. The molecule has 0 saturated carbocycles. The molecule has 9 nitrogen and oxygen atoms in total. The normalized spacial score (nSPS) is 20.8. The summed E-state index contributed by atoms with van der Waals surface area (Å²) in [7, 11) is -7.82. The predicted molar refractivity (Wildman–Crippen MR) is 112 cm³/mol. The lowest BCUT2D eigenvalue weighted by atomic mass is 9.96. The van der Waals surface area contributed by atoms with Crippen molar-refractivity contribution >= 4 is 26.0 Å². The molecule has 11 heteroatoms. The second-order valence-electron chi connectivity index (χ2n) is 7.43. The van der Waals surface area contributed by atoms with E-state index < -0.39 is 32.0 Å². The zero-order chi connectivity index (χ0) is 22.2. The first-order chi connectivity index (χ1) is 14.7. The Hall–Kier alpha value is -2.31. The third-order valence-corrected chi connectivity index (χ3v) is 9.35. The first kappa shape index (κ1) is 21.9. The van der Waals surface area contributed by atoms with Crippen LogP contribution in [0.15, 0.2) is 58.3 Å². The number of rotatable bonds is 5. The van der Waals surface area contributed by atoms with Crippen molar-refractivity contribution in [1.82, 2.24) is 8.61 Å². The van der Waals surface area contributed by atoms with E-state index in [0.29, 0.717) is 13.2 Å². The molecule has 4 rings (SSSR count). The zero-order valence-corrected chi connectivity index (χ0v) is 18.3. The summed E-state index contributed by atoms with van der Waals surface area (Å²) in [5.74, 6) is -0.732. The Morgan fingerprint density at radius 3 is 2.00 bits per heavy atom. The van der Waals surface area contributed by atoms with Gasteiger partial charge < -0.3 is 10.5 Å². The Bertz CT molecular complexity index is 1190. The molecule has 0 bridgehead atoms. The Morgan fingerprint density at radius 1 is 0.871 bits per heavy atom. The van der Waals surface area contributed by atoms with E-state index >= 15 is 0 Å². The van der Waals surface area contributed by atoms with Gasteiger partial charge in [0.15, 0.2) is 0 Å². The van der Waals surface area contributed by atoms with Crippen LogP contribution in [0, 0.1) is 0 Å². The van der Waals surface area contributed by atoms with Crippen LogP contribution in [0.3, 0.4) is 0 Å². The van der Waals surface area contributed by atoms with E-state index in [1.165, 1.54) is 28.6 Å². The highest BCUT2D eigenvalue weighted by atomic mass is 32.2. The lowest BCUT2D eigenvalue weighted by molar-refractivity contribution is -0.122. The Labute approximate surface area is 181 Å². The van der Waals surface area contributed by atoms with Gasteiger partial charge in [0.1, 0.15) is 6.04 Å². The number of hydrogen-bond donors (Lipinski definition) is 1. The largest absolute Gasteiger partial charge is 0.379 e. The van der Waals surface area contributed by atoms with Gasteiger partial charge in [0.25, 0.3) is 0 Å². The van der Waals surface area contributed by atoms with Crippen molar-refractivity contribution in [2.24, 2.45) is 5.73 Å². The molecule has 1 saturated heterocycles. The number of sulfonamides is 2. The third kappa shape index (κ3) is 4.11. The minimum atomic E-state index is -4.08. The smallest absolute Gasteiger partial charge is 0.244 e. The van der Waals surface area contributed by atoms with Gasteiger partial charge in [-0.05, 0) is 41.8 Å². The van der Waals surface area contributed by atoms with Gasteiger partial charge in [-0.1, -0.05) is 24.3 Å². The molecule has 166 valence electrons. The zero-order valence-electron chi connectivity index (χ0n) is 16.7. The van der Waals surface area contributed by atoms with Gasteiger partial charge >= 0.3 is 0 Å². The van der Waals surface area contributed by atoms with Crippen molar-refractivity contribution in [2.45, 2.75) is 28.8 Å². The molecule has 1 atom stereocenters. The van der Waals surface area contributed by atoms with Gasteiger partial charge in [-0.3, -0.25) is 4.79 Å². The Morgan fingerprint density at radius 2 is 1.42 bits per heavy atom. The topological polar surface area (TPSA) is 127 Å². The second-order valence-corrected chi connectivity index (χ2v) is 11.3. The van der Waals surface area contributed by atoms with Crippen LogP contribution in [0.25, 0.3) is 0 Å². The SMILES string of the molecule is NC(=O)[C@@H]1Cc2ccccc2CN1S(=O)(=O)c1ccc(S(=O)(=O)N2CCOCC2)cc1. The fourth-order valence-electron chi connectivity index (χ4n) is 3.85. The van der Waals surface area contributed by atoms with Crippen molar-refractivity contribution in [1.29, 1.82) is 0 Å². The summed E-state index contributed by atoms with van der Waals surface area (Å²) in [4.78, 5) is 11.9. The molecular weight excluding hydrogens is 442 g/mol. The lowest BCUT2D eigenvalue weighted by Gasteiger charge is -2.34. The van der Waals surface area contributed by atoms with Crippen molar-refractivity contribution in [3.63, 3.8) is 0 Å². The molecule has 31 heavy (non-hydrogen) atoms. The minimum Gasteiger partial charge on any atom is -0.379 e. The quantitative estimate of drug-likeness (QED) is 0.677. The molecule has 1 fully saturated rings. The molecule has 1 amide bonds. The van der Waals surface area contributed by atoms with Gasteiger partial charge in [0, 0.05) is 19.6 Å². The van der Waals surface area contributed by atoms with Crippen LogP contribution >= 0.6 is 0 Å². The summed E-state index contributed by atoms with van der Waals surface area (Å²) in [6.07, 6.45) is 0.189. The summed E-state index contributed by atoms with van der Waals surface area (Å²) in [5, 5.41) is 0. The summed E-state index contributed by atoms with van der Waals surface area (Å²) in [6, 6.07) is 11.3. The van der Waals surface area contributed by atoms with Crippen LogP contribution in [0.2, 0.25) is 0 Å². The number of ether oxygens (including phenoxy) is 1. The molecule has 2 aromatic rings. The average Bonchev–Trinajstić information content (AvgIpc) is 2.78. The molecule has 0 aliphatic carbocycles. The van der Waals surface area contributed by atoms with Crippen LogP contribution in [-0.2, 0) is 42.5 Å². The number of benzene rings is 2. The highest BCUT2D eigenvalue weighted by Gasteiger charge is 2.38. The number of fused-ring (bicyclic) bond motifs is 1. The molecule has 2 aromatic carbocycles. The number of amides is 1. The van der Waals surface area contributed by atoms with Gasteiger partial charge in [-0.15, -0.1) is 0 Å². The molecule has 0 spiro atoms. The predicted octanol–water partition coefficient (Wildman–Crippen LogP) is 0.308. The van der Waals surface area contributed by atoms with E-state index in [4.69, 9.17) is 10.5 Å². The van der Waals surface area contributed by atoms with E-state index in [1.807, 2.05) is 18.2 Å². The highest BCUT2D eigenvalue weighted by molar-refractivity contribution is 7.89. The van der Waals surface area contributed by atoms with E-state index in [9.17, 15) is 21.6 Å². The fourth-order valence-corrected chi connectivity index (χ4v) is 6.83. The standard InChI is InChI=1S/C20H23N3O6S2/c21-20(24)19-13-15-3-1-2-4-16(15)14-23(19)31(27,28)18-7-5-17(6-8-18)30(25,26)22-9-11-29-12-10-22/h1-8,19H,9-14H2,(H2,21,24)/t19-/m0/s1. The second kappa shape index (κ2) is 8.32. The Kier molecular flexibility index (Phi) is 5.88. The number of carbonyl (C=O) groups excluding carboxylic acids is 1. The number of nitrogens with zero attached hydrogens (tertiary/aromatic N) is 2. The molecule has 2 heterocycles. The maximum atomic E-state index is 13.3. The van der Waals surface area contributed by atoms with Gasteiger partial charge in [-0.2, -0.15) is 8.61 Å². The van der Waals surface area contributed by atoms with Crippen LogP contribution in [0.1, 0.15) is 11.1 Å². The van der Waals surface area contributed by atoms with Crippen molar-refractivity contribution in [2.75, 3.05) is 26.3 Å². The monoisotopic (exact) mass is 465 g/mol. The first-order valence-corrected chi connectivity index (χ1v) is 12.6. The molecule has 0 unspecified atom stereocenters. The summed E-state index contributed by atoms with van der Waals surface area (Å²) >= 11 is 0. The third-order valence-electron chi connectivity index (χ3n) is 5.57. The van der Waals surface area contributed by atoms with E-state index in [2.05, 4.69) is 0 Å². The lowest BCUT2D eigenvalue weighted by Crippen LogP contribution is -2.51. The number of primary amides is 1. The number of nitrogens with two attached hydrogens (primary N) is 1. The fraction of sp³-hybridized carbons (Fsp3) is 0.350. The van der Waals surface area contributed by atoms with Gasteiger partial charge in [0.05, 0.1) is 23.0 Å². The maximum Gasteiger partial charge on any atom is 0.244 e. The molecule has 2 aliphatic heterocycles. The number of carbonyl (C=O) groups is 1. The number of morpholine rings is 1. The van der Waals surface area contributed by atoms with Crippen molar-refractivity contribution in [3.05, 3.63) is 59.7 Å². The van der Waals surface area contributed by atoms with Crippen molar-refractivity contribution in [3.8, 4) is 0 Å². The molecule has 2 N–H and O–H groups in total. The van der Waals surface area contributed by atoms with Crippen molar-refractivity contribution < 1.29 is 26.4 Å². The van der Waals surface area contributed by atoms with Crippen LogP contribution in [0.5, 0.6) is 0 Å². The Balaban J connectivity index is 1.65. The molecule has 0 radical (unpaired) electrons. The summed E-state index contributed by atoms with van der Waals surface area (Å²) in [6.45, 7) is 1.14. The van der Waals surface area contributed by atoms with Crippen LogP contribution in [0.4, 0.5) is 0 Å². The summed E-state index contributed by atoms with van der Waals surface area (Å²) in [5.41, 5.74) is 7.19. The highest BCUT2D eigenvalue weighted by Crippen LogP contribution is 2.29. The van der Waals surface area contributed by atoms with Crippen LogP contribution in [-0.4, -0.2) is 63.7 Å². The first-order valence-electron chi connectivity index (χ1n) is 9.77. The molecule has 0 aromatic heterocycles. The molecule has 2 aliphatic rings. The van der Waals surface area contributed by atoms with E-state index in [-0.39, 0.29) is 35.8 Å². The minimum absolute atomic E-state index is 0.00351. The van der Waals surface area contributed by atoms with Gasteiger partial charge in [-0.25, -0.2) is 16.8 Å². The number of hydrogen-bond acceptors (Lipinski definition) is 6. The van der Waals surface area contributed by atoms with E-state index in [1.54, 1.807) is 6.07 Å². The van der Waals surface area contributed by atoms with E-state index in [0.717, 1.165) is 15.4 Å². The maximum absolute atomic E-state index is 13.3. The van der Waals surface area contributed by atoms with Gasteiger partial charge in [0.2, 0.25) is 26.0 Å².